The van der Waals surface area contributed by atoms with Crippen LogP contribution in [0.15, 0.2) is 46.0 Å². The second-order valence-corrected chi connectivity index (χ2v) is 5.23. The number of hydrogen-bond donors (Lipinski definition) is 3. The van der Waals surface area contributed by atoms with E-state index in [0.717, 1.165) is 0 Å². The molecule has 2 aromatic rings. The summed E-state index contributed by atoms with van der Waals surface area (Å²) in [5, 5.41) is 22.9. The van der Waals surface area contributed by atoms with Crippen LogP contribution < -0.4 is 5.43 Å². The predicted molar refractivity (Wildman–Crippen MR) is 83.7 cm³/mol. The van der Waals surface area contributed by atoms with Gasteiger partial charge in [0.25, 0.3) is 5.91 Å². The molecule has 108 valence electrons. The summed E-state index contributed by atoms with van der Waals surface area (Å²) >= 11 is 3.28. The molecule has 0 aliphatic heterocycles. The summed E-state index contributed by atoms with van der Waals surface area (Å²) in [7, 11) is 0. The Hall–Kier alpha value is -2.34. The van der Waals surface area contributed by atoms with Crippen LogP contribution in [0, 0.1) is 6.92 Å². The van der Waals surface area contributed by atoms with Crippen molar-refractivity contribution in [3.05, 3.63) is 57.6 Å². The number of nitrogens with one attached hydrogen (secondary N) is 1. The third-order valence-corrected chi connectivity index (χ3v) is 3.52. The zero-order chi connectivity index (χ0) is 15.4. The van der Waals surface area contributed by atoms with Crippen molar-refractivity contribution in [3.63, 3.8) is 0 Å². The molecule has 5 nitrogen and oxygen atoms in total. The molecule has 1 amide bonds. The Balaban J connectivity index is 2.13. The van der Waals surface area contributed by atoms with Gasteiger partial charge < -0.3 is 10.2 Å². The lowest BCUT2D eigenvalue weighted by atomic mass is 10.1. The number of phenols is 2. The number of amides is 1. The molecule has 0 saturated heterocycles. The highest BCUT2D eigenvalue weighted by atomic mass is 79.9. The van der Waals surface area contributed by atoms with E-state index in [0.29, 0.717) is 21.2 Å². The fourth-order valence-electron chi connectivity index (χ4n) is 1.79. The van der Waals surface area contributed by atoms with Crippen molar-refractivity contribution in [3.8, 4) is 11.5 Å². The van der Waals surface area contributed by atoms with Crippen LogP contribution in [0.3, 0.4) is 0 Å². The first kappa shape index (κ1) is 15.1. The molecular formula is C15H13BrN2O3. The van der Waals surface area contributed by atoms with E-state index in [1.807, 2.05) is 6.07 Å². The number of aromatic hydroxyl groups is 2. The fourth-order valence-corrected chi connectivity index (χ4v) is 2.25. The van der Waals surface area contributed by atoms with Crippen molar-refractivity contribution in [2.45, 2.75) is 6.92 Å². The standard InChI is InChI=1S/C15H13BrN2O3/c1-9-6-10(19)7-14(20)12(9)8-17-18-15(21)11-4-2-3-5-13(11)16/h2-8,19-20H,1H3,(H,18,21)/b17-8+. The molecule has 0 heterocycles. The van der Waals surface area contributed by atoms with Gasteiger partial charge in [-0.2, -0.15) is 5.10 Å². The molecule has 6 heteroatoms. The van der Waals surface area contributed by atoms with Crippen LogP contribution in [-0.2, 0) is 0 Å². The summed E-state index contributed by atoms with van der Waals surface area (Å²) in [6.45, 7) is 1.72. The summed E-state index contributed by atoms with van der Waals surface area (Å²) in [5.74, 6) is -0.500. The van der Waals surface area contributed by atoms with Crippen LogP contribution in [-0.4, -0.2) is 22.3 Å². The van der Waals surface area contributed by atoms with Gasteiger partial charge in [0, 0.05) is 16.1 Å². The van der Waals surface area contributed by atoms with E-state index in [4.69, 9.17) is 0 Å². The first-order valence-electron chi connectivity index (χ1n) is 6.09. The zero-order valence-corrected chi connectivity index (χ0v) is 12.8. The molecule has 0 aliphatic rings. The maximum absolute atomic E-state index is 11.9. The van der Waals surface area contributed by atoms with Gasteiger partial charge >= 0.3 is 0 Å². The van der Waals surface area contributed by atoms with Crippen molar-refractivity contribution in [2.24, 2.45) is 5.10 Å². The van der Waals surface area contributed by atoms with E-state index in [-0.39, 0.29) is 17.4 Å². The molecule has 0 saturated carbocycles. The monoisotopic (exact) mass is 348 g/mol. The third-order valence-electron chi connectivity index (χ3n) is 2.83. The summed E-state index contributed by atoms with van der Waals surface area (Å²) in [4.78, 5) is 11.9. The third kappa shape index (κ3) is 3.61. The summed E-state index contributed by atoms with van der Waals surface area (Å²) < 4.78 is 0.668. The highest BCUT2D eigenvalue weighted by molar-refractivity contribution is 9.10. The Bertz CT molecular complexity index is 691. The number of carbonyl (C=O) groups excluding carboxylic acids is 1. The van der Waals surface area contributed by atoms with Crippen LogP contribution in [0.1, 0.15) is 21.5 Å². The molecular weight excluding hydrogens is 336 g/mol. The van der Waals surface area contributed by atoms with Crippen LogP contribution in [0.5, 0.6) is 11.5 Å². The van der Waals surface area contributed by atoms with Crippen LogP contribution in [0.4, 0.5) is 0 Å². The molecule has 3 N–H and O–H groups in total. The predicted octanol–water partition coefficient (Wildman–Crippen LogP) is 2.93. The Morgan fingerprint density at radius 1 is 1.29 bits per heavy atom. The number of aryl methyl sites for hydroxylation is 1. The van der Waals surface area contributed by atoms with E-state index < -0.39 is 0 Å². The maximum Gasteiger partial charge on any atom is 0.272 e. The largest absolute Gasteiger partial charge is 0.508 e. The van der Waals surface area contributed by atoms with E-state index in [1.54, 1.807) is 25.1 Å². The lowest BCUT2D eigenvalue weighted by Crippen LogP contribution is -2.18. The van der Waals surface area contributed by atoms with Crippen LogP contribution in [0.25, 0.3) is 0 Å². The lowest BCUT2D eigenvalue weighted by Gasteiger charge is -2.05. The van der Waals surface area contributed by atoms with Crippen molar-refractivity contribution in [1.29, 1.82) is 0 Å². The second kappa shape index (κ2) is 6.41. The second-order valence-electron chi connectivity index (χ2n) is 4.37. The minimum Gasteiger partial charge on any atom is -0.508 e. The first-order valence-corrected chi connectivity index (χ1v) is 6.89. The number of rotatable bonds is 3. The van der Waals surface area contributed by atoms with Gasteiger partial charge in [-0.15, -0.1) is 0 Å². The molecule has 2 aromatic carbocycles. The minimum absolute atomic E-state index is 0.0283. The average Bonchev–Trinajstić information content (AvgIpc) is 2.42. The molecule has 0 spiro atoms. The summed E-state index contributed by atoms with van der Waals surface area (Å²) in [6.07, 6.45) is 1.33. The Morgan fingerprint density at radius 2 is 2.00 bits per heavy atom. The van der Waals surface area contributed by atoms with Gasteiger partial charge in [0.1, 0.15) is 11.5 Å². The SMILES string of the molecule is Cc1cc(O)cc(O)c1/C=N/NC(=O)c1ccccc1Br. The van der Waals surface area contributed by atoms with Gasteiger partial charge in [0.05, 0.1) is 11.8 Å². The number of carbonyl (C=O) groups is 1. The smallest absolute Gasteiger partial charge is 0.272 e. The van der Waals surface area contributed by atoms with E-state index >= 15 is 0 Å². The number of hydrazone groups is 1. The summed E-state index contributed by atoms with van der Waals surface area (Å²) in [6, 6.07) is 9.69. The normalized spacial score (nSPS) is 10.8. The molecule has 0 bridgehead atoms. The van der Waals surface area contributed by atoms with Crippen LogP contribution >= 0.6 is 15.9 Å². The number of benzene rings is 2. The Morgan fingerprint density at radius 3 is 2.67 bits per heavy atom. The van der Waals surface area contributed by atoms with Gasteiger partial charge in [-0.05, 0) is 46.6 Å². The molecule has 0 atom stereocenters. The van der Waals surface area contributed by atoms with Gasteiger partial charge in [0.15, 0.2) is 0 Å². The maximum atomic E-state index is 11.9. The van der Waals surface area contributed by atoms with Gasteiger partial charge in [-0.1, -0.05) is 12.1 Å². The molecule has 0 radical (unpaired) electrons. The number of halogens is 1. The highest BCUT2D eigenvalue weighted by Gasteiger charge is 2.08. The van der Waals surface area contributed by atoms with Crippen molar-refractivity contribution in [2.75, 3.05) is 0 Å². The van der Waals surface area contributed by atoms with E-state index in [1.165, 1.54) is 18.3 Å². The van der Waals surface area contributed by atoms with Gasteiger partial charge in [0.2, 0.25) is 0 Å². The quantitative estimate of drug-likeness (QED) is 0.589. The average molecular weight is 349 g/mol. The Labute approximate surface area is 130 Å². The molecule has 2 rings (SSSR count). The highest BCUT2D eigenvalue weighted by Crippen LogP contribution is 2.25. The number of nitrogens with zero attached hydrogens (tertiary/aromatic N) is 1. The van der Waals surface area contributed by atoms with Crippen molar-refractivity contribution < 1.29 is 15.0 Å². The number of phenolic OH excluding ortho intramolecular Hbond substituents is 2. The molecule has 0 fully saturated rings. The van der Waals surface area contributed by atoms with Crippen molar-refractivity contribution >= 4 is 28.1 Å². The number of hydrogen-bond acceptors (Lipinski definition) is 4. The molecule has 0 aliphatic carbocycles. The minimum atomic E-state index is -0.366. The fraction of sp³-hybridized carbons (Fsp3) is 0.0667. The van der Waals surface area contributed by atoms with Gasteiger partial charge in [-0.25, -0.2) is 5.43 Å². The van der Waals surface area contributed by atoms with Crippen molar-refractivity contribution in [1.82, 2.24) is 5.43 Å². The molecule has 0 aromatic heterocycles. The topological polar surface area (TPSA) is 81.9 Å². The lowest BCUT2D eigenvalue weighted by molar-refractivity contribution is 0.0954. The van der Waals surface area contributed by atoms with E-state index in [2.05, 4.69) is 26.5 Å². The van der Waals surface area contributed by atoms with E-state index in [9.17, 15) is 15.0 Å². The zero-order valence-electron chi connectivity index (χ0n) is 11.2. The summed E-state index contributed by atoms with van der Waals surface area (Å²) in [5.41, 5.74) is 3.92. The molecule has 0 unspecified atom stereocenters. The molecule has 21 heavy (non-hydrogen) atoms. The first-order chi connectivity index (χ1) is 9.99. The van der Waals surface area contributed by atoms with Gasteiger partial charge in [-0.3, -0.25) is 4.79 Å². The van der Waals surface area contributed by atoms with Crippen LogP contribution in [0.2, 0.25) is 0 Å². The Kier molecular flexibility index (Phi) is 4.59.